The van der Waals surface area contributed by atoms with Gasteiger partial charge in [0, 0.05) is 18.6 Å². The lowest BCUT2D eigenvalue weighted by atomic mass is 9.84. The highest BCUT2D eigenvalue weighted by Crippen LogP contribution is 2.43. The van der Waals surface area contributed by atoms with Gasteiger partial charge < -0.3 is 63.8 Å². The highest BCUT2D eigenvalue weighted by Gasteiger charge is 2.46. The molecule has 2 aliphatic rings. The summed E-state index contributed by atoms with van der Waals surface area (Å²) < 4.78 is 38.8. The predicted octanol–water partition coefficient (Wildman–Crippen LogP) is 2.11. The first-order valence-electron chi connectivity index (χ1n) is 15.9. The summed E-state index contributed by atoms with van der Waals surface area (Å²) in [5.74, 6) is -0.0772. The molecule has 270 valence electrons. The fourth-order valence-electron chi connectivity index (χ4n) is 6.08. The number of rotatable bonds is 13. The number of aliphatic hydroxyl groups is 4. The maximum absolute atomic E-state index is 12.4. The van der Waals surface area contributed by atoms with E-state index in [0.29, 0.717) is 30.1 Å². The van der Waals surface area contributed by atoms with Gasteiger partial charge in [-0.3, -0.25) is 0 Å². The van der Waals surface area contributed by atoms with Crippen molar-refractivity contribution >= 4 is 12.0 Å². The molecule has 2 saturated heterocycles. The Morgan fingerprint density at radius 3 is 2.24 bits per heavy atom. The fraction of sp³-hybridized carbons (Fsp3) is 0.417. The van der Waals surface area contributed by atoms with Crippen LogP contribution < -0.4 is 18.9 Å². The number of carbonyl (C=O) groups is 1. The summed E-state index contributed by atoms with van der Waals surface area (Å²) in [6.07, 6.45) is -4.91. The summed E-state index contributed by atoms with van der Waals surface area (Å²) in [4.78, 5) is 12.4. The number of aliphatic hydroxyl groups excluding tert-OH is 4. The minimum absolute atomic E-state index is 0.00840. The maximum Gasteiger partial charge on any atom is 0.330 e. The van der Waals surface area contributed by atoms with Crippen molar-refractivity contribution in [1.82, 2.24) is 0 Å². The summed E-state index contributed by atoms with van der Waals surface area (Å²) in [5, 5.41) is 61.7. The topological polar surface area (TPSA) is 203 Å². The van der Waals surface area contributed by atoms with Crippen LogP contribution in [0.4, 0.5) is 0 Å². The van der Waals surface area contributed by atoms with E-state index in [0.717, 1.165) is 17.2 Å². The third kappa shape index (κ3) is 8.24. The molecule has 8 atom stereocenters. The van der Waals surface area contributed by atoms with E-state index in [-0.39, 0.29) is 41.4 Å². The van der Waals surface area contributed by atoms with E-state index in [4.69, 9.17) is 33.2 Å². The van der Waals surface area contributed by atoms with Gasteiger partial charge in [0.2, 0.25) is 6.29 Å². The monoisotopic (exact) mass is 698 g/mol. The molecule has 5 unspecified atom stereocenters. The Bertz CT molecular complexity index is 1640. The van der Waals surface area contributed by atoms with Crippen molar-refractivity contribution in [2.45, 2.75) is 43.2 Å². The van der Waals surface area contributed by atoms with Crippen LogP contribution in [0.2, 0.25) is 0 Å². The number of phenols is 2. The summed E-state index contributed by atoms with van der Waals surface area (Å²) in [7, 11) is 4.30. The third-order valence-electron chi connectivity index (χ3n) is 8.87. The normalized spacial score (nSPS) is 26.5. The van der Waals surface area contributed by atoms with E-state index in [1.165, 1.54) is 45.6 Å². The lowest BCUT2D eigenvalue weighted by Gasteiger charge is -2.40. The SMILES string of the molecule is COc1cc(C=CC(=O)OCC2OC(Oc3ccc(C[C@H]4CO[C@H](c5ccc(O)c(OC)c5)[C@H]4CO)cc3OC)C(O)C(O)C2O)ccc1O. The molecule has 0 radical (unpaired) electrons. The summed E-state index contributed by atoms with van der Waals surface area (Å²) >= 11 is 0. The highest BCUT2D eigenvalue weighted by molar-refractivity contribution is 5.87. The second kappa shape index (κ2) is 16.4. The molecule has 0 amide bonds. The molecular weight excluding hydrogens is 656 g/mol. The number of aromatic hydroxyl groups is 2. The molecule has 0 aliphatic carbocycles. The molecule has 2 heterocycles. The van der Waals surface area contributed by atoms with Gasteiger partial charge in [0.05, 0.1) is 34.0 Å². The van der Waals surface area contributed by atoms with E-state index >= 15 is 0 Å². The lowest BCUT2D eigenvalue weighted by molar-refractivity contribution is -0.278. The summed E-state index contributed by atoms with van der Waals surface area (Å²) in [5.41, 5.74) is 2.19. The van der Waals surface area contributed by atoms with E-state index in [9.17, 15) is 35.4 Å². The van der Waals surface area contributed by atoms with Gasteiger partial charge >= 0.3 is 5.97 Å². The molecule has 3 aromatic carbocycles. The fourth-order valence-corrected chi connectivity index (χ4v) is 6.08. The number of hydrogen-bond acceptors (Lipinski definition) is 14. The second-order valence-electron chi connectivity index (χ2n) is 12.0. The average Bonchev–Trinajstić information content (AvgIpc) is 3.53. The highest BCUT2D eigenvalue weighted by atomic mass is 16.7. The van der Waals surface area contributed by atoms with Gasteiger partial charge in [-0.05, 0) is 71.5 Å². The van der Waals surface area contributed by atoms with Gasteiger partial charge in [0.1, 0.15) is 31.0 Å². The average molecular weight is 699 g/mol. The Balaban J connectivity index is 1.21. The number of carbonyl (C=O) groups excluding carboxylic acids is 1. The second-order valence-corrected chi connectivity index (χ2v) is 12.0. The molecule has 0 bridgehead atoms. The number of hydrogen-bond donors (Lipinski definition) is 6. The van der Waals surface area contributed by atoms with Gasteiger partial charge in [-0.1, -0.05) is 18.2 Å². The van der Waals surface area contributed by atoms with Crippen molar-refractivity contribution in [3.8, 4) is 34.5 Å². The van der Waals surface area contributed by atoms with Gasteiger partial charge in [0.15, 0.2) is 34.5 Å². The van der Waals surface area contributed by atoms with Crippen LogP contribution in [-0.4, -0.2) is 108 Å². The smallest absolute Gasteiger partial charge is 0.330 e. The molecule has 3 aromatic rings. The molecule has 6 N–H and O–H groups in total. The van der Waals surface area contributed by atoms with Crippen LogP contribution in [0, 0.1) is 11.8 Å². The molecule has 14 nitrogen and oxygen atoms in total. The first kappa shape index (κ1) is 36.7. The van der Waals surface area contributed by atoms with Crippen molar-refractivity contribution in [2.75, 3.05) is 41.2 Å². The van der Waals surface area contributed by atoms with Crippen molar-refractivity contribution in [3.05, 3.63) is 77.4 Å². The Kier molecular flexibility index (Phi) is 12.1. The zero-order valence-electron chi connectivity index (χ0n) is 27.7. The number of esters is 1. The zero-order chi connectivity index (χ0) is 35.9. The van der Waals surface area contributed by atoms with Crippen LogP contribution in [-0.2, 0) is 25.4 Å². The number of ether oxygens (including phenoxy) is 7. The van der Waals surface area contributed by atoms with E-state index < -0.39 is 49.4 Å². The minimum atomic E-state index is -1.68. The van der Waals surface area contributed by atoms with Crippen LogP contribution in [0.1, 0.15) is 22.8 Å². The standard InChI is InChI=1S/C36H42O14/c1-44-27-13-19(4-8-24(27)38)6-11-31(40)47-18-30-32(41)33(42)34(43)36(50-30)49-26-10-5-20(14-29(26)46-3)12-22-17-48-35(23(22)16-37)21-7-9-25(39)28(15-21)45-2/h4-11,13-15,22-23,30,32-39,41-43H,12,16-18H2,1-3H3/t22-,23-,30?,32?,33?,34?,35+,36?/m0/s1. The van der Waals surface area contributed by atoms with Crippen LogP contribution in [0.25, 0.3) is 6.08 Å². The molecule has 0 spiro atoms. The van der Waals surface area contributed by atoms with Crippen molar-refractivity contribution in [3.63, 3.8) is 0 Å². The van der Waals surface area contributed by atoms with Crippen LogP contribution in [0.3, 0.4) is 0 Å². The predicted molar refractivity (Wildman–Crippen MR) is 176 cm³/mol. The Morgan fingerprint density at radius 2 is 1.54 bits per heavy atom. The van der Waals surface area contributed by atoms with Crippen molar-refractivity contribution in [2.24, 2.45) is 11.8 Å². The van der Waals surface area contributed by atoms with Crippen LogP contribution >= 0.6 is 0 Å². The molecular formula is C36H42O14. The molecule has 2 aliphatic heterocycles. The van der Waals surface area contributed by atoms with Gasteiger partial charge in [0.25, 0.3) is 0 Å². The Labute approximate surface area is 288 Å². The molecule has 0 saturated carbocycles. The molecule has 2 fully saturated rings. The quantitative estimate of drug-likeness (QED) is 0.112. The number of benzene rings is 3. The number of methoxy groups -OCH3 is 3. The molecule has 14 heteroatoms. The van der Waals surface area contributed by atoms with Crippen LogP contribution in [0.5, 0.6) is 34.5 Å². The Morgan fingerprint density at radius 1 is 0.840 bits per heavy atom. The molecule has 5 rings (SSSR count). The summed E-state index contributed by atoms with van der Waals surface area (Å²) in [6.45, 7) is -0.200. The first-order chi connectivity index (χ1) is 24.1. The number of phenolic OH excluding ortho intramolecular Hbond substituents is 2. The van der Waals surface area contributed by atoms with Crippen molar-refractivity contribution in [1.29, 1.82) is 0 Å². The maximum atomic E-state index is 12.4. The zero-order valence-corrected chi connectivity index (χ0v) is 27.7. The van der Waals surface area contributed by atoms with Crippen LogP contribution in [0.15, 0.2) is 60.7 Å². The van der Waals surface area contributed by atoms with Gasteiger partial charge in [-0.15, -0.1) is 0 Å². The molecule has 0 aromatic heterocycles. The minimum Gasteiger partial charge on any atom is -0.504 e. The van der Waals surface area contributed by atoms with E-state index in [1.807, 2.05) is 0 Å². The van der Waals surface area contributed by atoms with Crippen molar-refractivity contribution < 1.29 is 68.6 Å². The Hall–Kier alpha value is -4.57. The first-order valence-corrected chi connectivity index (χ1v) is 15.9. The lowest BCUT2D eigenvalue weighted by Crippen LogP contribution is -2.60. The van der Waals surface area contributed by atoms with E-state index in [2.05, 4.69) is 0 Å². The largest absolute Gasteiger partial charge is 0.504 e. The molecule has 50 heavy (non-hydrogen) atoms. The van der Waals surface area contributed by atoms with Gasteiger partial charge in [-0.2, -0.15) is 0 Å². The van der Waals surface area contributed by atoms with Gasteiger partial charge in [-0.25, -0.2) is 4.79 Å². The summed E-state index contributed by atoms with van der Waals surface area (Å²) in [6, 6.07) is 14.6. The van der Waals surface area contributed by atoms with E-state index in [1.54, 1.807) is 36.4 Å². The third-order valence-corrected chi connectivity index (χ3v) is 8.87.